The Kier molecular flexibility index (Phi) is 3.40. The van der Waals surface area contributed by atoms with E-state index >= 15 is 0 Å². The van der Waals surface area contributed by atoms with Crippen LogP contribution in [0.5, 0.6) is 0 Å². The number of aromatic nitrogens is 2. The van der Waals surface area contributed by atoms with Crippen LogP contribution in [0.3, 0.4) is 0 Å². The van der Waals surface area contributed by atoms with Gasteiger partial charge < -0.3 is 4.84 Å². The van der Waals surface area contributed by atoms with Crippen molar-refractivity contribution < 1.29 is 18.8 Å². The molecule has 2 atom stereocenters. The van der Waals surface area contributed by atoms with E-state index < -0.39 is 29.7 Å². The molecule has 128 valence electrons. The molecule has 1 saturated heterocycles. The highest BCUT2D eigenvalue weighted by Gasteiger charge is 2.56. The Hall–Kier alpha value is -2.74. The zero-order valence-corrected chi connectivity index (χ0v) is 14.0. The van der Waals surface area contributed by atoms with Crippen molar-refractivity contribution in [1.29, 1.82) is 0 Å². The summed E-state index contributed by atoms with van der Waals surface area (Å²) >= 11 is 5.77. The van der Waals surface area contributed by atoms with Crippen LogP contribution in [0.15, 0.2) is 29.6 Å². The maximum atomic E-state index is 13.4. The van der Waals surface area contributed by atoms with Gasteiger partial charge in [0, 0.05) is 18.8 Å². The van der Waals surface area contributed by atoms with Crippen molar-refractivity contribution in [2.24, 2.45) is 18.1 Å². The monoisotopic (exact) mass is 362 g/mol. The van der Waals surface area contributed by atoms with Crippen molar-refractivity contribution in [3.63, 3.8) is 0 Å². The van der Waals surface area contributed by atoms with Crippen molar-refractivity contribution in [2.45, 2.75) is 13.0 Å². The third-order valence-electron chi connectivity index (χ3n) is 4.26. The van der Waals surface area contributed by atoms with E-state index in [1.165, 1.54) is 12.1 Å². The largest absolute Gasteiger partial charge is 0.381 e. The molecule has 2 aliphatic heterocycles. The van der Waals surface area contributed by atoms with Crippen LogP contribution in [0, 0.1) is 18.7 Å². The quantitative estimate of drug-likeness (QED) is 0.763. The average molecular weight is 363 g/mol. The predicted octanol–water partition coefficient (Wildman–Crippen LogP) is 1.81. The molecule has 1 fully saturated rings. The minimum atomic E-state index is -1.04. The average Bonchev–Trinajstić information content (AvgIpc) is 3.19. The molecule has 2 aromatic rings. The van der Waals surface area contributed by atoms with Gasteiger partial charge in [-0.3, -0.25) is 14.3 Å². The number of oxime groups is 1. The Bertz CT molecular complexity index is 955. The number of hydrogen-bond acceptors (Lipinski definition) is 5. The molecule has 0 radical (unpaired) electrons. The van der Waals surface area contributed by atoms with E-state index in [2.05, 4.69) is 10.3 Å². The Morgan fingerprint density at radius 3 is 2.68 bits per heavy atom. The molecular weight excluding hydrogens is 351 g/mol. The molecule has 9 heteroatoms. The summed E-state index contributed by atoms with van der Waals surface area (Å²) in [6, 6.07) is 3.66. The van der Waals surface area contributed by atoms with Gasteiger partial charge in [0.1, 0.15) is 17.4 Å². The van der Waals surface area contributed by atoms with E-state index in [1.807, 2.05) is 0 Å². The Labute approximate surface area is 146 Å². The fraction of sp³-hybridized carbons (Fsp3) is 0.250. The molecule has 1 aromatic carbocycles. The second-order valence-corrected chi connectivity index (χ2v) is 6.30. The standard InChI is InChI=1S/C16H12ClFN4O3/c1-7-9(6-21(2)19-7)13-12-14(25-20-13)16(24)22(15(12)23)8-3-4-11(18)10(17)5-8/h3-6,12,14H,1-2H3/t12-,14+/m1/s1. The van der Waals surface area contributed by atoms with Crippen molar-refractivity contribution in [2.75, 3.05) is 4.90 Å². The van der Waals surface area contributed by atoms with Gasteiger partial charge in [0.2, 0.25) is 12.0 Å². The van der Waals surface area contributed by atoms with Crippen molar-refractivity contribution in [3.8, 4) is 0 Å². The fourth-order valence-electron chi connectivity index (χ4n) is 3.13. The lowest BCUT2D eigenvalue weighted by atomic mass is 9.94. The van der Waals surface area contributed by atoms with E-state index in [-0.39, 0.29) is 10.7 Å². The van der Waals surface area contributed by atoms with Crippen molar-refractivity contribution >= 4 is 34.8 Å². The third kappa shape index (κ3) is 2.25. The number of imide groups is 1. The van der Waals surface area contributed by atoms with Gasteiger partial charge in [0.05, 0.1) is 16.4 Å². The van der Waals surface area contributed by atoms with E-state index in [4.69, 9.17) is 16.4 Å². The lowest BCUT2D eigenvalue weighted by molar-refractivity contribution is -0.126. The Morgan fingerprint density at radius 2 is 2.04 bits per heavy atom. The van der Waals surface area contributed by atoms with Crippen LogP contribution in [0.4, 0.5) is 10.1 Å². The second kappa shape index (κ2) is 5.38. The molecule has 4 rings (SSSR count). The van der Waals surface area contributed by atoms with Crippen LogP contribution in [0.2, 0.25) is 5.02 Å². The molecule has 7 nitrogen and oxygen atoms in total. The minimum Gasteiger partial charge on any atom is -0.381 e. The number of fused-ring (bicyclic) bond motifs is 1. The van der Waals surface area contributed by atoms with Gasteiger partial charge in [0.15, 0.2) is 0 Å². The number of nitrogens with zero attached hydrogens (tertiary/aromatic N) is 4. The van der Waals surface area contributed by atoms with Crippen LogP contribution in [0.1, 0.15) is 11.3 Å². The number of carbonyl (C=O) groups excluding carboxylic acids is 2. The molecule has 0 unspecified atom stereocenters. The minimum absolute atomic E-state index is 0.173. The van der Waals surface area contributed by atoms with Crippen molar-refractivity contribution in [3.05, 3.63) is 46.5 Å². The number of hydrogen-bond donors (Lipinski definition) is 0. The Balaban J connectivity index is 1.73. The van der Waals surface area contributed by atoms with Gasteiger partial charge >= 0.3 is 0 Å². The molecule has 2 aliphatic rings. The van der Waals surface area contributed by atoms with Gasteiger partial charge in [-0.15, -0.1) is 0 Å². The fourth-order valence-corrected chi connectivity index (χ4v) is 3.30. The lowest BCUT2D eigenvalue weighted by Crippen LogP contribution is -2.33. The number of amides is 2. The summed E-state index contributed by atoms with van der Waals surface area (Å²) in [5.74, 6) is -2.54. The van der Waals surface area contributed by atoms with Crippen molar-refractivity contribution in [1.82, 2.24) is 9.78 Å². The smallest absolute Gasteiger partial charge is 0.278 e. The topological polar surface area (TPSA) is 76.8 Å². The maximum absolute atomic E-state index is 13.4. The molecule has 0 saturated carbocycles. The maximum Gasteiger partial charge on any atom is 0.278 e. The summed E-state index contributed by atoms with van der Waals surface area (Å²) in [5, 5.41) is 7.98. The highest BCUT2D eigenvalue weighted by Crippen LogP contribution is 2.36. The zero-order valence-electron chi connectivity index (χ0n) is 13.2. The van der Waals surface area contributed by atoms with Gasteiger partial charge in [-0.1, -0.05) is 16.8 Å². The zero-order chi connectivity index (χ0) is 17.9. The first-order valence-corrected chi connectivity index (χ1v) is 7.83. The van der Waals surface area contributed by atoms with E-state index in [0.29, 0.717) is 17.0 Å². The molecule has 25 heavy (non-hydrogen) atoms. The molecule has 0 bridgehead atoms. The summed E-state index contributed by atoms with van der Waals surface area (Å²) in [6.07, 6.45) is 0.681. The van der Waals surface area contributed by atoms with Gasteiger partial charge in [-0.25, -0.2) is 9.29 Å². The summed E-state index contributed by atoms with van der Waals surface area (Å²) < 4.78 is 15.0. The molecule has 2 amide bonds. The van der Waals surface area contributed by atoms with Crippen LogP contribution in [-0.2, 0) is 21.5 Å². The number of aryl methyl sites for hydroxylation is 2. The molecule has 0 aliphatic carbocycles. The first-order valence-electron chi connectivity index (χ1n) is 7.45. The van der Waals surface area contributed by atoms with Crippen LogP contribution < -0.4 is 4.90 Å². The predicted molar refractivity (Wildman–Crippen MR) is 86.7 cm³/mol. The highest BCUT2D eigenvalue weighted by molar-refractivity contribution is 6.34. The molecular formula is C16H12ClFN4O3. The number of carbonyl (C=O) groups is 2. The number of anilines is 1. The number of benzene rings is 1. The summed E-state index contributed by atoms with van der Waals surface area (Å²) in [7, 11) is 1.75. The third-order valence-corrected chi connectivity index (χ3v) is 4.55. The van der Waals surface area contributed by atoms with Crippen LogP contribution in [0.25, 0.3) is 0 Å². The highest BCUT2D eigenvalue weighted by atomic mass is 35.5. The van der Waals surface area contributed by atoms with E-state index in [9.17, 15) is 14.0 Å². The van der Waals surface area contributed by atoms with Gasteiger partial charge in [-0.05, 0) is 25.1 Å². The van der Waals surface area contributed by atoms with Gasteiger partial charge in [0.25, 0.3) is 5.91 Å². The number of rotatable bonds is 2. The first-order chi connectivity index (χ1) is 11.9. The lowest BCUT2D eigenvalue weighted by Gasteiger charge is -2.15. The van der Waals surface area contributed by atoms with E-state index in [1.54, 1.807) is 24.9 Å². The summed E-state index contributed by atoms with van der Waals surface area (Å²) in [6.45, 7) is 1.78. The summed E-state index contributed by atoms with van der Waals surface area (Å²) in [4.78, 5) is 31.7. The summed E-state index contributed by atoms with van der Waals surface area (Å²) in [5.41, 5.74) is 1.88. The molecule has 1 aromatic heterocycles. The van der Waals surface area contributed by atoms with Gasteiger partial charge in [-0.2, -0.15) is 5.10 Å². The van der Waals surface area contributed by atoms with E-state index in [0.717, 1.165) is 11.0 Å². The van der Waals surface area contributed by atoms with Crippen LogP contribution in [-0.4, -0.2) is 33.4 Å². The number of halogens is 2. The molecule has 0 N–H and O–H groups in total. The molecule has 0 spiro atoms. The second-order valence-electron chi connectivity index (χ2n) is 5.89. The Morgan fingerprint density at radius 1 is 1.28 bits per heavy atom. The normalized spacial score (nSPS) is 22.2. The first kappa shape index (κ1) is 15.8. The SMILES string of the molecule is Cc1nn(C)cc1C1=NO[C@@H]2C(=O)N(c3ccc(F)c(Cl)c3)C(=O)[C@H]12. The van der Waals surface area contributed by atoms with Crippen LogP contribution >= 0.6 is 11.6 Å². The molecule has 3 heterocycles.